The number of hydrogen-bond donors (Lipinski definition) is 1. The van der Waals surface area contributed by atoms with Crippen molar-refractivity contribution in [3.63, 3.8) is 0 Å². The number of halogens is 4. The van der Waals surface area contributed by atoms with Crippen molar-refractivity contribution in [2.75, 3.05) is 0 Å². The van der Waals surface area contributed by atoms with Crippen LogP contribution >= 0.6 is 0 Å². The summed E-state index contributed by atoms with van der Waals surface area (Å²) in [6, 6.07) is 8.55. The van der Waals surface area contributed by atoms with Gasteiger partial charge in [-0.15, -0.1) is 0 Å². The zero-order valence-electron chi connectivity index (χ0n) is 20.3. The minimum absolute atomic E-state index is 0.0166. The molecule has 1 aliphatic heterocycles. The summed E-state index contributed by atoms with van der Waals surface area (Å²) < 4.78 is 53.7. The van der Waals surface area contributed by atoms with Crippen LogP contribution in [0.1, 0.15) is 84.3 Å². The number of aryl methyl sites for hydroxylation is 1. The molecule has 0 spiro atoms. The molecule has 0 radical (unpaired) electrons. The first kappa shape index (κ1) is 26.4. The van der Waals surface area contributed by atoms with E-state index in [1.54, 1.807) is 31.2 Å². The van der Waals surface area contributed by atoms with Crippen LogP contribution in [0.15, 0.2) is 41.4 Å². The topological polar surface area (TPSA) is 75.8 Å². The Morgan fingerprint density at radius 3 is 2.37 bits per heavy atom. The lowest BCUT2D eigenvalue weighted by Gasteiger charge is -2.22. The minimum atomic E-state index is -4.36. The first-order valence-corrected chi connectivity index (χ1v) is 11.2. The number of ketones is 1. The number of carbonyl (C=O) groups excluding carboxylic acids is 2. The Balaban J connectivity index is 1.92. The van der Waals surface area contributed by atoms with Gasteiger partial charge in [0.25, 0.3) is 5.91 Å². The summed E-state index contributed by atoms with van der Waals surface area (Å²) in [7, 11) is 0. The third-order valence-electron chi connectivity index (χ3n) is 6.09. The van der Waals surface area contributed by atoms with Gasteiger partial charge in [0.05, 0.1) is 13.0 Å². The van der Waals surface area contributed by atoms with Gasteiger partial charge in [0.15, 0.2) is 17.8 Å². The van der Waals surface area contributed by atoms with Gasteiger partial charge < -0.3 is 5.73 Å². The quantitative estimate of drug-likeness (QED) is 0.390. The molecule has 1 unspecified atom stereocenters. The number of carbonyl (C=O) groups is 2. The van der Waals surface area contributed by atoms with Crippen LogP contribution in [-0.4, -0.2) is 28.7 Å². The van der Waals surface area contributed by atoms with E-state index < -0.39 is 36.1 Å². The summed E-state index contributed by atoms with van der Waals surface area (Å²) in [6.45, 7) is 7.26. The van der Waals surface area contributed by atoms with E-state index in [4.69, 9.17) is 5.73 Å². The van der Waals surface area contributed by atoms with Gasteiger partial charge in [-0.1, -0.05) is 42.8 Å². The first-order chi connectivity index (χ1) is 16.1. The maximum Gasteiger partial charge on any atom is 0.389 e. The van der Waals surface area contributed by atoms with E-state index in [-0.39, 0.29) is 29.4 Å². The van der Waals surface area contributed by atoms with Crippen molar-refractivity contribution in [2.45, 2.75) is 71.4 Å². The molecular formula is C26H29F4N3O2. The SMILES string of the molecule is CC(=O)c1cc(CN2C(=O)[C@@H](c3ccc(C)cc3C(C)CC(F)(F)F)N=C2N)ccc1C(C)(C)F. The van der Waals surface area contributed by atoms with E-state index in [0.717, 1.165) is 5.56 Å². The molecular weight excluding hydrogens is 462 g/mol. The first-order valence-electron chi connectivity index (χ1n) is 11.2. The third-order valence-corrected chi connectivity index (χ3v) is 6.09. The van der Waals surface area contributed by atoms with E-state index in [1.807, 2.05) is 0 Å². The summed E-state index contributed by atoms with van der Waals surface area (Å²) in [6.07, 6.45) is -5.39. The fraction of sp³-hybridized carbons (Fsp3) is 0.423. The molecule has 9 heteroatoms. The highest BCUT2D eigenvalue weighted by atomic mass is 19.4. The van der Waals surface area contributed by atoms with Crippen LogP contribution < -0.4 is 5.73 Å². The lowest BCUT2D eigenvalue weighted by atomic mass is 9.88. The van der Waals surface area contributed by atoms with Gasteiger partial charge in [-0.2, -0.15) is 13.2 Å². The molecule has 0 saturated heterocycles. The molecule has 0 saturated carbocycles. The second kappa shape index (κ2) is 9.43. The predicted molar refractivity (Wildman–Crippen MR) is 126 cm³/mol. The van der Waals surface area contributed by atoms with Crippen LogP contribution in [0.3, 0.4) is 0 Å². The van der Waals surface area contributed by atoms with Crippen molar-refractivity contribution in [2.24, 2.45) is 10.7 Å². The van der Waals surface area contributed by atoms with Gasteiger partial charge in [0.1, 0.15) is 5.67 Å². The van der Waals surface area contributed by atoms with E-state index in [0.29, 0.717) is 16.7 Å². The van der Waals surface area contributed by atoms with E-state index >= 15 is 0 Å². The number of rotatable bonds is 7. The maximum absolute atomic E-state index is 14.5. The van der Waals surface area contributed by atoms with Crippen molar-refractivity contribution >= 4 is 17.6 Å². The van der Waals surface area contributed by atoms with Crippen molar-refractivity contribution < 1.29 is 27.2 Å². The lowest BCUT2D eigenvalue weighted by molar-refractivity contribution is -0.137. The average Bonchev–Trinajstić information content (AvgIpc) is 2.99. The number of nitrogens with zero attached hydrogens (tertiary/aromatic N) is 2. The summed E-state index contributed by atoms with van der Waals surface area (Å²) >= 11 is 0. The molecule has 1 amide bonds. The second-order valence-corrected chi connectivity index (χ2v) is 9.58. The fourth-order valence-electron chi connectivity index (χ4n) is 4.39. The predicted octanol–water partition coefficient (Wildman–Crippen LogP) is 5.86. The van der Waals surface area contributed by atoms with Gasteiger partial charge in [-0.05, 0) is 61.9 Å². The molecule has 1 aliphatic rings. The van der Waals surface area contributed by atoms with Crippen LogP contribution in [0, 0.1) is 6.92 Å². The number of Topliss-reactive ketones (excluding diaryl/α,β-unsaturated/α-hetero) is 1. The number of hydrogen-bond acceptors (Lipinski definition) is 4. The van der Waals surface area contributed by atoms with Gasteiger partial charge in [-0.3, -0.25) is 14.5 Å². The number of benzene rings is 2. The van der Waals surface area contributed by atoms with Gasteiger partial charge >= 0.3 is 6.18 Å². The number of nitrogens with two attached hydrogens (primary N) is 1. The molecule has 2 N–H and O–H groups in total. The molecule has 188 valence electrons. The summed E-state index contributed by atoms with van der Waals surface area (Å²) in [5.74, 6) is -1.75. The van der Waals surface area contributed by atoms with Crippen molar-refractivity contribution in [1.82, 2.24) is 4.90 Å². The maximum atomic E-state index is 14.5. The molecule has 0 bridgehead atoms. The molecule has 0 aromatic heterocycles. The number of aliphatic imine (C=N–C) groups is 1. The molecule has 5 nitrogen and oxygen atoms in total. The van der Waals surface area contributed by atoms with Crippen LogP contribution in [0.2, 0.25) is 0 Å². The zero-order valence-corrected chi connectivity index (χ0v) is 20.3. The normalized spacial score (nSPS) is 17.5. The highest BCUT2D eigenvalue weighted by Crippen LogP contribution is 2.38. The van der Waals surface area contributed by atoms with Crippen molar-refractivity contribution in [1.29, 1.82) is 0 Å². The van der Waals surface area contributed by atoms with Crippen LogP contribution in [0.5, 0.6) is 0 Å². The minimum Gasteiger partial charge on any atom is -0.369 e. The van der Waals surface area contributed by atoms with E-state index in [1.165, 1.54) is 44.7 Å². The van der Waals surface area contributed by atoms with Crippen molar-refractivity contribution in [3.8, 4) is 0 Å². The smallest absolute Gasteiger partial charge is 0.369 e. The Morgan fingerprint density at radius 1 is 1.14 bits per heavy atom. The second-order valence-electron chi connectivity index (χ2n) is 9.58. The Hall–Kier alpha value is -3.23. The molecule has 35 heavy (non-hydrogen) atoms. The molecule has 2 atom stereocenters. The molecule has 3 rings (SSSR count). The Morgan fingerprint density at radius 2 is 1.80 bits per heavy atom. The molecule has 2 aromatic carbocycles. The van der Waals surface area contributed by atoms with Crippen LogP contribution in [-0.2, 0) is 17.0 Å². The monoisotopic (exact) mass is 491 g/mol. The largest absolute Gasteiger partial charge is 0.389 e. The number of guanidine groups is 1. The standard InChI is InChI=1S/C26H29F4N3O2/c1-14-6-8-18(19(10-14)15(2)12-26(28,29)30)22-23(35)33(24(31)32-22)13-17-7-9-21(25(4,5)27)20(11-17)16(3)34/h6-11,15,22H,12-13H2,1-5H3,(H2,31,32)/t15?,22-/m1/s1. The third kappa shape index (κ3) is 5.89. The van der Waals surface area contributed by atoms with Crippen LogP contribution in [0.4, 0.5) is 17.6 Å². The number of alkyl halides is 4. The van der Waals surface area contributed by atoms with E-state index in [2.05, 4.69) is 4.99 Å². The molecule has 1 heterocycles. The Kier molecular flexibility index (Phi) is 7.11. The average molecular weight is 492 g/mol. The van der Waals surface area contributed by atoms with Crippen molar-refractivity contribution in [3.05, 3.63) is 69.8 Å². The zero-order chi connectivity index (χ0) is 26.3. The Bertz CT molecular complexity index is 1180. The lowest BCUT2D eigenvalue weighted by Crippen LogP contribution is -2.37. The summed E-state index contributed by atoms with van der Waals surface area (Å²) in [4.78, 5) is 30.9. The van der Waals surface area contributed by atoms with Gasteiger partial charge in [0, 0.05) is 5.56 Å². The van der Waals surface area contributed by atoms with Gasteiger partial charge in [0.2, 0.25) is 0 Å². The molecule has 0 fully saturated rings. The molecule has 2 aromatic rings. The summed E-state index contributed by atoms with van der Waals surface area (Å²) in [5.41, 5.74) is 6.85. The van der Waals surface area contributed by atoms with Gasteiger partial charge in [-0.25, -0.2) is 9.38 Å². The number of amides is 1. The highest BCUT2D eigenvalue weighted by molar-refractivity contribution is 6.04. The fourth-order valence-corrected chi connectivity index (χ4v) is 4.39. The Labute approximate surface area is 202 Å². The highest BCUT2D eigenvalue weighted by Gasteiger charge is 2.38. The summed E-state index contributed by atoms with van der Waals surface area (Å²) in [5, 5.41) is 0. The molecule has 0 aliphatic carbocycles. The van der Waals surface area contributed by atoms with E-state index in [9.17, 15) is 27.2 Å². The van der Waals surface area contributed by atoms with Crippen LogP contribution in [0.25, 0.3) is 0 Å².